The van der Waals surface area contributed by atoms with Crippen molar-refractivity contribution in [1.29, 1.82) is 0 Å². The van der Waals surface area contributed by atoms with Crippen LogP contribution in [0.2, 0.25) is 0 Å². The molecule has 0 bridgehead atoms. The maximum Gasteiger partial charge on any atom is 0.328 e. The van der Waals surface area contributed by atoms with Gasteiger partial charge in [-0.25, -0.2) is 9.59 Å². The number of esters is 1. The number of methoxy groups -OCH3 is 2. The topological polar surface area (TPSA) is 67.9 Å². The zero-order valence-electron chi connectivity index (χ0n) is 11.6. The summed E-state index contributed by atoms with van der Waals surface area (Å²) in [6, 6.07) is 6.25. The van der Waals surface area contributed by atoms with Crippen LogP contribution < -0.4 is 10.1 Å². The second-order valence-corrected chi connectivity index (χ2v) is 4.53. The van der Waals surface area contributed by atoms with E-state index in [4.69, 9.17) is 9.47 Å². The van der Waals surface area contributed by atoms with Crippen LogP contribution in [0.3, 0.4) is 0 Å². The van der Waals surface area contributed by atoms with Crippen molar-refractivity contribution >= 4 is 17.7 Å². The number of likely N-dealkylation sites (tertiary alicyclic amines) is 1. The summed E-state index contributed by atoms with van der Waals surface area (Å²) in [5.74, 6) is 0.351. The summed E-state index contributed by atoms with van der Waals surface area (Å²) in [5, 5.41) is 2.77. The van der Waals surface area contributed by atoms with E-state index < -0.39 is 6.04 Å². The third-order valence-electron chi connectivity index (χ3n) is 3.33. The van der Waals surface area contributed by atoms with Crippen LogP contribution in [0.5, 0.6) is 5.75 Å². The average Bonchev–Trinajstić information content (AvgIpc) is 2.96. The Morgan fingerprint density at radius 3 is 2.55 bits per heavy atom. The summed E-state index contributed by atoms with van der Waals surface area (Å²) < 4.78 is 9.77. The van der Waals surface area contributed by atoms with E-state index in [-0.39, 0.29) is 12.0 Å². The molecular formula is C14H18N2O4. The Morgan fingerprint density at radius 1 is 1.25 bits per heavy atom. The molecule has 108 valence electrons. The quantitative estimate of drug-likeness (QED) is 0.857. The van der Waals surface area contributed by atoms with Crippen LogP contribution in [0.4, 0.5) is 10.5 Å². The third-order valence-corrected chi connectivity index (χ3v) is 3.33. The van der Waals surface area contributed by atoms with Gasteiger partial charge in [-0.05, 0) is 37.1 Å². The molecule has 1 N–H and O–H groups in total. The highest BCUT2D eigenvalue weighted by Crippen LogP contribution is 2.21. The van der Waals surface area contributed by atoms with Crippen LogP contribution in [0.1, 0.15) is 12.8 Å². The van der Waals surface area contributed by atoms with Gasteiger partial charge in [0, 0.05) is 12.2 Å². The van der Waals surface area contributed by atoms with Crippen molar-refractivity contribution in [3.63, 3.8) is 0 Å². The molecule has 2 rings (SSSR count). The SMILES string of the molecule is COC(=O)C1CCCN1C(=O)Nc1ccc(OC)cc1. The van der Waals surface area contributed by atoms with Crippen molar-refractivity contribution in [3.8, 4) is 5.75 Å². The largest absolute Gasteiger partial charge is 0.497 e. The van der Waals surface area contributed by atoms with Gasteiger partial charge in [-0.2, -0.15) is 0 Å². The average molecular weight is 278 g/mol. The molecule has 0 spiro atoms. The molecule has 1 aliphatic heterocycles. The Hall–Kier alpha value is -2.24. The monoisotopic (exact) mass is 278 g/mol. The second-order valence-electron chi connectivity index (χ2n) is 4.53. The molecule has 6 nitrogen and oxygen atoms in total. The summed E-state index contributed by atoms with van der Waals surface area (Å²) in [6.45, 7) is 0.557. The van der Waals surface area contributed by atoms with Crippen molar-refractivity contribution < 1.29 is 19.1 Å². The van der Waals surface area contributed by atoms with Crippen molar-refractivity contribution in [2.45, 2.75) is 18.9 Å². The lowest BCUT2D eigenvalue weighted by Gasteiger charge is -2.23. The molecule has 1 heterocycles. The van der Waals surface area contributed by atoms with Crippen molar-refractivity contribution in [3.05, 3.63) is 24.3 Å². The Kier molecular flexibility index (Phi) is 4.45. The molecule has 0 aromatic heterocycles. The highest BCUT2D eigenvalue weighted by atomic mass is 16.5. The number of amides is 2. The number of carbonyl (C=O) groups excluding carboxylic acids is 2. The molecule has 1 aromatic rings. The van der Waals surface area contributed by atoms with Gasteiger partial charge in [0.1, 0.15) is 11.8 Å². The maximum absolute atomic E-state index is 12.2. The first-order valence-corrected chi connectivity index (χ1v) is 6.45. The zero-order valence-corrected chi connectivity index (χ0v) is 11.6. The molecule has 1 aromatic carbocycles. The number of urea groups is 1. The van der Waals surface area contributed by atoms with E-state index in [0.29, 0.717) is 18.7 Å². The number of nitrogens with one attached hydrogen (secondary N) is 1. The highest BCUT2D eigenvalue weighted by molar-refractivity contribution is 5.93. The summed E-state index contributed by atoms with van der Waals surface area (Å²) >= 11 is 0. The first-order chi connectivity index (χ1) is 9.65. The Bertz CT molecular complexity index is 486. The maximum atomic E-state index is 12.2. The number of anilines is 1. The third kappa shape index (κ3) is 3.01. The lowest BCUT2D eigenvalue weighted by Crippen LogP contribution is -2.43. The molecule has 1 saturated heterocycles. The first kappa shape index (κ1) is 14.2. The number of benzene rings is 1. The van der Waals surface area contributed by atoms with Crippen molar-refractivity contribution in [2.75, 3.05) is 26.1 Å². The van der Waals surface area contributed by atoms with Crippen LogP contribution in [0, 0.1) is 0 Å². The number of rotatable bonds is 3. The molecule has 1 fully saturated rings. The van der Waals surface area contributed by atoms with E-state index in [1.165, 1.54) is 12.0 Å². The molecular weight excluding hydrogens is 260 g/mol. The fourth-order valence-electron chi connectivity index (χ4n) is 2.26. The Balaban J connectivity index is 2.01. The van der Waals surface area contributed by atoms with Crippen LogP contribution >= 0.6 is 0 Å². The molecule has 1 aliphatic rings. The Labute approximate surface area is 117 Å². The Morgan fingerprint density at radius 2 is 1.95 bits per heavy atom. The van der Waals surface area contributed by atoms with Gasteiger partial charge in [-0.1, -0.05) is 0 Å². The van der Waals surface area contributed by atoms with Crippen molar-refractivity contribution in [1.82, 2.24) is 4.90 Å². The van der Waals surface area contributed by atoms with E-state index in [0.717, 1.165) is 12.2 Å². The highest BCUT2D eigenvalue weighted by Gasteiger charge is 2.34. The normalized spacial score (nSPS) is 17.7. The van der Waals surface area contributed by atoms with Gasteiger partial charge in [-0.15, -0.1) is 0 Å². The molecule has 2 amide bonds. The molecule has 1 unspecified atom stereocenters. The summed E-state index contributed by atoms with van der Waals surface area (Å²) in [5.41, 5.74) is 0.659. The van der Waals surface area contributed by atoms with Gasteiger partial charge >= 0.3 is 12.0 Å². The predicted molar refractivity (Wildman–Crippen MR) is 73.8 cm³/mol. The van der Waals surface area contributed by atoms with E-state index in [1.807, 2.05) is 0 Å². The fraction of sp³-hybridized carbons (Fsp3) is 0.429. The minimum absolute atomic E-state index is 0.289. The molecule has 0 radical (unpaired) electrons. The van der Waals surface area contributed by atoms with Gasteiger partial charge in [-0.3, -0.25) is 0 Å². The number of hydrogen-bond acceptors (Lipinski definition) is 4. The summed E-state index contributed by atoms with van der Waals surface area (Å²) in [6.07, 6.45) is 1.44. The number of ether oxygens (including phenoxy) is 2. The number of nitrogens with zero attached hydrogens (tertiary/aromatic N) is 1. The van der Waals surface area contributed by atoms with Crippen LogP contribution in [0.25, 0.3) is 0 Å². The smallest absolute Gasteiger partial charge is 0.328 e. The summed E-state index contributed by atoms with van der Waals surface area (Å²) in [4.78, 5) is 25.3. The minimum Gasteiger partial charge on any atom is -0.497 e. The standard InChI is InChI=1S/C14H18N2O4/c1-19-11-7-5-10(6-8-11)15-14(18)16-9-3-4-12(16)13(17)20-2/h5-8,12H,3-4,9H2,1-2H3,(H,15,18). The lowest BCUT2D eigenvalue weighted by atomic mass is 10.2. The van der Waals surface area contributed by atoms with Gasteiger partial charge in [0.15, 0.2) is 0 Å². The minimum atomic E-state index is -0.488. The fourth-order valence-corrected chi connectivity index (χ4v) is 2.26. The van der Waals surface area contributed by atoms with Crippen LogP contribution in [-0.4, -0.2) is 43.7 Å². The first-order valence-electron chi connectivity index (χ1n) is 6.45. The van der Waals surface area contributed by atoms with Crippen LogP contribution in [-0.2, 0) is 9.53 Å². The van der Waals surface area contributed by atoms with E-state index >= 15 is 0 Å². The van der Waals surface area contributed by atoms with Gasteiger partial charge in [0.05, 0.1) is 14.2 Å². The van der Waals surface area contributed by atoms with Crippen molar-refractivity contribution in [2.24, 2.45) is 0 Å². The molecule has 6 heteroatoms. The predicted octanol–water partition coefficient (Wildman–Crippen LogP) is 1.86. The van der Waals surface area contributed by atoms with Gasteiger partial charge in [0.2, 0.25) is 0 Å². The molecule has 20 heavy (non-hydrogen) atoms. The summed E-state index contributed by atoms with van der Waals surface area (Å²) in [7, 11) is 2.92. The zero-order chi connectivity index (χ0) is 14.5. The van der Waals surface area contributed by atoms with Gasteiger partial charge in [0.25, 0.3) is 0 Å². The number of hydrogen-bond donors (Lipinski definition) is 1. The molecule has 1 atom stereocenters. The molecule has 0 aliphatic carbocycles. The molecule has 0 saturated carbocycles. The second kappa shape index (κ2) is 6.27. The van der Waals surface area contributed by atoms with E-state index in [1.54, 1.807) is 31.4 Å². The van der Waals surface area contributed by atoms with Crippen LogP contribution in [0.15, 0.2) is 24.3 Å². The number of carbonyl (C=O) groups is 2. The lowest BCUT2D eigenvalue weighted by molar-refractivity contribution is -0.144. The van der Waals surface area contributed by atoms with Gasteiger partial charge < -0.3 is 19.7 Å². The van der Waals surface area contributed by atoms with E-state index in [2.05, 4.69) is 5.32 Å². The van der Waals surface area contributed by atoms with E-state index in [9.17, 15) is 9.59 Å².